The number of aromatic nitrogens is 2. The molecule has 0 spiro atoms. The van der Waals surface area contributed by atoms with E-state index in [-0.39, 0.29) is 16.3 Å². The average Bonchev–Trinajstić information content (AvgIpc) is 2.75. The van der Waals surface area contributed by atoms with Crippen molar-refractivity contribution in [1.82, 2.24) is 9.97 Å². The first kappa shape index (κ1) is 18.7. The van der Waals surface area contributed by atoms with Crippen LogP contribution in [-0.2, 0) is 0 Å². The number of hydrogen-bond acceptors (Lipinski definition) is 5. The lowest BCUT2D eigenvalue weighted by atomic mass is 10.1. The molecule has 0 radical (unpaired) electrons. The number of benzene rings is 3. The molecule has 2 N–H and O–H groups in total. The van der Waals surface area contributed by atoms with Gasteiger partial charge in [-0.1, -0.05) is 54.1 Å². The Kier molecular flexibility index (Phi) is 5.01. The van der Waals surface area contributed by atoms with Gasteiger partial charge in [0, 0.05) is 17.0 Å². The zero-order valence-corrected chi connectivity index (χ0v) is 16.1. The molecule has 0 saturated heterocycles. The minimum Gasteiger partial charge on any atom is -0.496 e. The first-order valence-electron chi connectivity index (χ1n) is 8.77. The summed E-state index contributed by atoms with van der Waals surface area (Å²) in [5, 5.41) is 13.6. The van der Waals surface area contributed by atoms with Gasteiger partial charge >= 0.3 is 5.97 Å². The fourth-order valence-electron chi connectivity index (χ4n) is 3.00. The fraction of sp³-hybridized carbons (Fsp3) is 0.0455. The number of nitrogens with zero attached hydrogens (tertiary/aromatic N) is 2. The molecule has 6 nitrogen and oxygen atoms in total. The van der Waals surface area contributed by atoms with Gasteiger partial charge in [-0.3, -0.25) is 0 Å². The molecular formula is C22H16ClN3O3. The van der Waals surface area contributed by atoms with E-state index in [0.717, 1.165) is 16.5 Å². The van der Waals surface area contributed by atoms with Crippen molar-refractivity contribution in [3.05, 3.63) is 77.3 Å². The molecule has 3 aromatic carbocycles. The van der Waals surface area contributed by atoms with Gasteiger partial charge in [-0.25, -0.2) is 14.8 Å². The summed E-state index contributed by atoms with van der Waals surface area (Å²) in [5.74, 6) is 0.207. The number of carboxylic acid groups (broad SMARTS) is 1. The molecule has 0 aliphatic heterocycles. The molecule has 144 valence electrons. The predicted molar refractivity (Wildman–Crippen MR) is 113 cm³/mol. The molecule has 0 aliphatic rings. The number of para-hydroxylation sites is 1. The predicted octanol–water partition coefficient (Wildman–Crippen LogP) is 5.40. The third-order valence-corrected chi connectivity index (χ3v) is 4.72. The van der Waals surface area contributed by atoms with Crippen LogP contribution in [0, 0.1) is 0 Å². The second kappa shape index (κ2) is 7.77. The van der Waals surface area contributed by atoms with Gasteiger partial charge in [-0.2, -0.15) is 0 Å². The van der Waals surface area contributed by atoms with Crippen LogP contribution in [0.15, 0.2) is 66.7 Å². The van der Waals surface area contributed by atoms with Gasteiger partial charge in [-0.15, -0.1) is 0 Å². The maximum atomic E-state index is 11.4. The maximum absolute atomic E-state index is 11.4. The van der Waals surface area contributed by atoms with E-state index in [9.17, 15) is 9.90 Å². The van der Waals surface area contributed by atoms with E-state index in [1.165, 1.54) is 13.2 Å². The summed E-state index contributed by atoms with van der Waals surface area (Å²) in [6.45, 7) is 0. The zero-order valence-electron chi connectivity index (χ0n) is 15.4. The standard InChI is InChI=1S/C22H16ClN3O3/c1-29-19-12-18(16(23)11-15(19)22(27)28)25-21-14-9-5-6-10-17(14)24-20(26-21)13-7-3-2-4-8-13/h2-12H,1H3,(H,27,28)(H,24,25,26). The van der Waals surface area contributed by atoms with E-state index in [0.29, 0.717) is 17.3 Å². The third kappa shape index (κ3) is 3.70. The SMILES string of the molecule is COc1cc(Nc2nc(-c3ccccc3)nc3ccccc23)c(Cl)cc1C(=O)O. The highest BCUT2D eigenvalue weighted by Gasteiger charge is 2.17. The van der Waals surface area contributed by atoms with Crippen LogP contribution >= 0.6 is 11.6 Å². The number of anilines is 2. The average molecular weight is 406 g/mol. The Morgan fingerprint density at radius 2 is 1.76 bits per heavy atom. The van der Waals surface area contributed by atoms with Crippen molar-refractivity contribution in [1.29, 1.82) is 0 Å². The van der Waals surface area contributed by atoms with Crippen LogP contribution in [0.5, 0.6) is 5.75 Å². The molecule has 0 amide bonds. The first-order chi connectivity index (χ1) is 14.1. The van der Waals surface area contributed by atoms with Gasteiger partial charge < -0.3 is 15.2 Å². The van der Waals surface area contributed by atoms with E-state index in [1.807, 2.05) is 54.6 Å². The Balaban J connectivity index is 1.85. The van der Waals surface area contributed by atoms with Crippen molar-refractivity contribution in [3.8, 4) is 17.1 Å². The number of methoxy groups -OCH3 is 1. The molecule has 0 atom stereocenters. The number of ether oxygens (including phenoxy) is 1. The molecule has 0 bridgehead atoms. The number of rotatable bonds is 5. The number of aromatic carboxylic acids is 1. The van der Waals surface area contributed by atoms with Crippen LogP contribution in [0.2, 0.25) is 5.02 Å². The summed E-state index contributed by atoms with van der Waals surface area (Å²) in [6.07, 6.45) is 0. The highest BCUT2D eigenvalue weighted by atomic mass is 35.5. The van der Waals surface area contributed by atoms with E-state index in [1.54, 1.807) is 6.07 Å². The molecular weight excluding hydrogens is 390 g/mol. The molecule has 4 rings (SSSR count). The number of hydrogen-bond donors (Lipinski definition) is 2. The van der Waals surface area contributed by atoms with Gasteiger partial charge in [-0.05, 0) is 18.2 Å². The van der Waals surface area contributed by atoms with Gasteiger partial charge in [0.1, 0.15) is 17.1 Å². The number of fused-ring (bicyclic) bond motifs is 1. The van der Waals surface area contributed by atoms with Crippen LogP contribution in [0.4, 0.5) is 11.5 Å². The molecule has 0 fully saturated rings. The number of carboxylic acids is 1. The summed E-state index contributed by atoms with van der Waals surface area (Å²) < 4.78 is 5.21. The second-order valence-electron chi connectivity index (χ2n) is 6.24. The Bertz CT molecular complexity index is 1210. The third-order valence-electron chi connectivity index (χ3n) is 4.41. The first-order valence-corrected chi connectivity index (χ1v) is 9.14. The largest absolute Gasteiger partial charge is 0.496 e. The lowest BCUT2D eigenvalue weighted by Crippen LogP contribution is -2.04. The van der Waals surface area contributed by atoms with Gasteiger partial charge in [0.05, 0.1) is 23.3 Å². The van der Waals surface area contributed by atoms with Crippen LogP contribution in [0.3, 0.4) is 0 Å². The fourth-order valence-corrected chi connectivity index (χ4v) is 3.21. The van der Waals surface area contributed by atoms with E-state index >= 15 is 0 Å². The minimum absolute atomic E-state index is 0.0134. The molecule has 4 aromatic rings. The highest BCUT2D eigenvalue weighted by molar-refractivity contribution is 6.34. The summed E-state index contributed by atoms with van der Waals surface area (Å²) in [5.41, 5.74) is 2.12. The Hall–Kier alpha value is -3.64. The molecule has 0 aliphatic carbocycles. The molecule has 7 heteroatoms. The van der Waals surface area contributed by atoms with Crippen LogP contribution in [0.25, 0.3) is 22.3 Å². The van der Waals surface area contributed by atoms with E-state index in [2.05, 4.69) is 15.3 Å². The zero-order chi connectivity index (χ0) is 20.4. The molecule has 0 saturated carbocycles. The second-order valence-corrected chi connectivity index (χ2v) is 6.65. The monoisotopic (exact) mass is 405 g/mol. The smallest absolute Gasteiger partial charge is 0.339 e. The van der Waals surface area contributed by atoms with Crippen LogP contribution in [0.1, 0.15) is 10.4 Å². The Labute approximate surface area is 171 Å². The molecule has 1 heterocycles. The number of halogens is 1. The maximum Gasteiger partial charge on any atom is 0.339 e. The topological polar surface area (TPSA) is 84.3 Å². The van der Waals surface area contributed by atoms with Crippen molar-refractivity contribution in [2.45, 2.75) is 0 Å². The van der Waals surface area contributed by atoms with Crippen molar-refractivity contribution in [3.63, 3.8) is 0 Å². The summed E-state index contributed by atoms with van der Waals surface area (Å²) in [7, 11) is 1.41. The number of carbonyl (C=O) groups is 1. The van der Waals surface area contributed by atoms with Crippen molar-refractivity contribution in [2.75, 3.05) is 12.4 Å². The summed E-state index contributed by atoms with van der Waals surface area (Å²) in [6, 6.07) is 20.2. The highest BCUT2D eigenvalue weighted by Crippen LogP contribution is 2.34. The minimum atomic E-state index is -1.12. The Morgan fingerprint density at radius 1 is 1.03 bits per heavy atom. The van der Waals surface area contributed by atoms with Gasteiger partial charge in [0.25, 0.3) is 0 Å². The van der Waals surface area contributed by atoms with E-state index in [4.69, 9.17) is 16.3 Å². The van der Waals surface area contributed by atoms with Crippen LogP contribution < -0.4 is 10.1 Å². The summed E-state index contributed by atoms with van der Waals surface area (Å²) in [4.78, 5) is 20.7. The van der Waals surface area contributed by atoms with Crippen LogP contribution in [-0.4, -0.2) is 28.2 Å². The lowest BCUT2D eigenvalue weighted by Gasteiger charge is -2.14. The molecule has 0 unspecified atom stereocenters. The molecule has 1 aromatic heterocycles. The van der Waals surface area contributed by atoms with Crippen molar-refractivity contribution >= 4 is 40.0 Å². The lowest BCUT2D eigenvalue weighted by molar-refractivity contribution is 0.0693. The molecule has 29 heavy (non-hydrogen) atoms. The number of nitrogens with one attached hydrogen (secondary N) is 1. The van der Waals surface area contributed by atoms with E-state index < -0.39 is 5.97 Å². The normalized spacial score (nSPS) is 10.7. The van der Waals surface area contributed by atoms with Crippen molar-refractivity contribution < 1.29 is 14.6 Å². The Morgan fingerprint density at radius 3 is 2.48 bits per heavy atom. The quantitative estimate of drug-likeness (QED) is 0.462. The van der Waals surface area contributed by atoms with Crippen molar-refractivity contribution in [2.24, 2.45) is 0 Å². The summed E-state index contributed by atoms with van der Waals surface area (Å²) >= 11 is 6.34. The van der Waals surface area contributed by atoms with Gasteiger partial charge in [0.15, 0.2) is 5.82 Å². The van der Waals surface area contributed by atoms with Gasteiger partial charge in [0.2, 0.25) is 0 Å².